The maximum Gasteiger partial charge on any atom is 0.153 e. The van der Waals surface area contributed by atoms with E-state index in [1.165, 1.54) is 0 Å². The molecule has 0 aliphatic rings. The Balaban J connectivity index is 2.98. The van der Waals surface area contributed by atoms with E-state index in [1.807, 2.05) is 13.1 Å². The maximum atomic E-state index is 10.7. The first-order chi connectivity index (χ1) is 6.25. The summed E-state index contributed by atoms with van der Waals surface area (Å²) in [6, 6.07) is 1.83. The minimum absolute atomic E-state index is 0.456. The van der Waals surface area contributed by atoms with Gasteiger partial charge < -0.3 is 4.57 Å². The molecule has 0 bridgehead atoms. The first kappa shape index (κ1) is 8.26. The van der Waals surface area contributed by atoms with Gasteiger partial charge in [-0.15, -0.1) is 0 Å². The third kappa shape index (κ3) is 1.04. The van der Waals surface area contributed by atoms with Gasteiger partial charge >= 0.3 is 0 Å². The van der Waals surface area contributed by atoms with Crippen LogP contribution in [0, 0.1) is 0 Å². The number of hydrogen-bond donors (Lipinski definition) is 0. The molecule has 4 heteroatoms. The molecule has 2 rings (SSSR count). The van der Waals surface area contributed by atoms with Crippen LogP contribution in [0.2, 0.25) is 5.15 Å². The van der Waals surface area contributed by atoms with Crippen molar-refractivity contribution >= 4 is 28.8 Å². The summed E-state index contributed by atoms with van der Waals surface area (Å²) in [5.41, 5.74) is 1.43. The molecule has 3 nitrogen and oxygen atoms in total. The summed E-state index contributed by atoms with van der Waals surface area (Å²) < 4.78 is 1.77. The molecular formula is C9H7ClN2O. The van der Waals surface area contributed by atoms with Gasteiger partial charge in [0, 0.05) is 24.8 Å². The molecule has 0 fully saturated rings. The Hall–Kier alpha value is -1.35. The number of aromatic nitrogens is 2. The number of carbonyl (C=O) groups excluding carboxylic acids is 1. The van der Waals surface area contributed by atoms with Crippen molar-refractivity contribution in [3.8, 4) is 0 Å². The highest BCUT2D eigenvalue weighted by Crippen LogP contribution is 2.26. The van der Waals surface area contributed by atoms with E-state index in [0.717, 1.165) is 17.2 Å². The fraction of sp³-hybridized carbons (Fsp3) is 0.111. The molecule has 2 aromatic heterocycles. The van der Waals surface area contributed by atoms with Crippen molar-refractivity contribution in [2.75, 3.05) is 0 Å². The number of aryl methyl sites for hydroxylation is 1. The minimum atomic E-state index is 0.456. The van der Waals surface area contributed by atoms with Crippen LogP contribution in [0.5, 0.6) is 0 Å². The van der Waals surface area contributed by atoms with E-state index in [1.54, 1.807) is 17.0 Å². The van der Waals surface area contributed by atoms with Crippen molar-refractivity contribution in [2.45, 2.75) is 0 Å². The molecule has 0 amide bonds. The molecule has 0 unspecified atom stereocenters. The normalized spacial score (nSPS) is 10.6. The monoisotopic (exact) mass is 194 g/mol. The second-order valence-electron chi connectivity index (χ2n) is 2.77. The molecule has 13 heavy (non-hydrogen) atoms. The van der Waals surface area contributed by atoms with Crippen molar-refractivity contribution in [3.05, 3.63) is 29.2 Å². The molecule has 0 spiro atoms. The van der Waals surface area contributed by atoms with Crippen LogP contribution in [0.15, 0.2) is 18.5 Å². The van der Waals surface area contributed by atoms with Crippen LogP contribution in [0.4, 0.5) is 0 Å². The van der Waals surface area contributed by atoms with Gasteiger partial charge in [-0.2, -0.15) is 0 Å². The van der Waals surface area contributed by atoms with Crippen LogP contribution in [-0.4, -0.2) is 15.8 Å². The highest BCUT2D eigenvalue weighted by Gasteiger charge is 2.11. The number of pyridine rings is 1. The molecule has 66 valence electrons. The van der Waals surface area contributed by atoms with Crippen molar-refractivity contribution < 1.29 is 4.79 Å². The first-order valence-electron chi connectivity index (χ1n) is 3.78. The van der Waals surface area contributed by atoms with E-state index in [2.05, 4.69) is 4.98 Å². The Labute approximate surface area is 79.9 Å². The number of halogens is 1. The standard InChI is InChI=1S/C9H7ClN2O/c1-12-8-2-3-11-4-6(8)7(5-13)9(12)10/h2-5H,1H3. The molecule has 0 aromatic carbocycles. The summed E-state index contributed by atoms with van der Waals surface area (Å²) in [5.74, 6) is 0. The number of hydrogen-bond acceptors (Lipinski definition) is 2. The van der Waals surface area contributed by atoms with Crippen LogP contribution < -0.4 is 0 Å². The van der Waals surface area contributed by atoms with Crippen LogP contribution in [0.25, 0.3) is 10.9 Å². The zero-order chi connectivity index (χ0) is 9.42. The van der Waals surface area contributed by atoms with E-state index < -0.39 is 0 Å². The highest BCUT2D eigenvalue weighted by atomic mass is 35.5. The third-order valence-corrected chi connectivity index (χ3v) is 2.54. The van der Waals surface area contributed by atoms with Gasteiger partial charge in [-0.1, -0.05) is 11.6 Å². The van der Waals surface area contributed by atoms with Crippen LogP contribution >= 0.6 is 11.6 Å². The fourth-order valence-electron chi connectivity index (χ4n) is 1.40. The molecule has 0 N–H and O–H groups in total. The van der Waals surface area contributed by atoms with Crippen LogP contribution in [0.1, 0.15) is 10.4 Å². The molecule has 0 aliphatic heterocycles. The smallest absolute Gasteiger partial charge is 0.153 e. The minimum Gasteiger partial charge on any atom is -0.334 e. The van der Waals surface area contributed by atoms with Crippen LogP contribution in [-0.2, 0) is 7.05 Å². The second kappa shape index (κ2) is 2.85. The predicted octanol–water partition coefficient (Wildman–Crippen LogP) is 2.04. The zero-order valence-electron chi connectivity index (χ0n) is 6.99. The maximum absolute atomic E-state index is 10.7. The molecule has 0 aliphatic carbocycles. The number of carbonyl (C=O) groups is 1. The lowest BCUT2D eigenvalue weighted by Gasteiger charge is -1.94. The first-order valence-corrected chi connectivity index (χ1v) is 4.16. The van der Waals surface area contributed by atoms with E-state index >= 15 is 0 Å². The van der Waals surface area contributed by atoms with Crippen molar-refractivity contribution in [1.82, 2.24) is 9.55 Å². The zero-order valence-corrected chi connectivity index (χ0v) is 7.75. The Morgan fingerprint density at radius 2 is 2.38 bits per heavy atom. The van der Waals surface area contributed by atoms with Gasteiger partial charge in [0.05, 0.1) is 11.1 Å². The molecule has 0 saturated carbocycles. The highest BCUT2D eigenvalue weighted by molar-refractivity contribution is 6.34. The molecule has 0 saturated heterocycles. The van der Waals surface area contributed by atoms with Crippen molar-refractivity contribution in [3.63, 3.8) is 0 Å². The van der Waals surface area contributed by atoms with E-state index in [-0.39, 0.29) is 0 Å². The van der Waals surface area contributed by atoms with Gasteiger partial charge in [0.1, 0.15) is 5.15 Å². The average molecular weight is 195 g/mol. The van der Waals surface area contributed by atoms with Gasteiger partial charge in [0.15, 0.2) is 6.29 Å². The lowest BCUT2D eigenvalue weighted by Crippen LogP contribution is -1.86. The number of rotatable bonds is 1. The fourth-order valence-corrected chi connectivity index (χ4v) is 1.63. The summed E-state index contributed by atoms with van der Waals surface area (Å²) in [6.45, 7) is 0. The van der Waals surface area contributed by atoms with E-state index in [9.17, 15) is 4.79 Å². The van der Waals surface area contributed by atoms with E-state index in [4.69, 9.17) is 11.6 Å². The Kier molecular flexibility index (Phi) is 1.81. The SMILES string of the molecule is Cn1c(Cl)c(C=O)c2cnccc21. The van der Waals surface area contributed by atoms with Gasteiger partial charge in [0.2, 0.25) is 0 Å². The number of aldehydes is 1. The van der Waals surface area contributed by atoms with Gasteiger partial charge in [-0.25, -0.2) is 0 Å². The average Bonchev–Trinajstić information content (AvgIpc) is 2.41. The lowest BCUT2D eigenvalue weighted by molar-refractivity contribution is 0.112. The van der Waals surface area contributed by atoms with Crippen molar-refractivity contribution in [2.24, 2.45) is 7.05 Å². The topological polar surface area (TPSA) is 34.9 Å². The molecule has 2 aromatic rings. The summed E-state index contributed by atoms with van der Waals surface area (Å²) in [6.07, 6.45) is 4.07. The van der Waals surface area contributed by atoms with E-state index in [0.29, 0.717) is 10.7 Å². The van der Waals surface area contributed by atoms with Crippen LogP contribution in [0.3, 0.4) is 0 Å². The third-order valence-electron chi connectivity index (χ3n) is 2.08. The molecule has 0 radical (unpaired) electrons. The summed E-state index contributed by atoms with van der Waals surface area (Å²) >= 11 is 5.94. The number of nitrogens with zero attached hydrogens (tertiary/aromatic N) is 2. The van der Waals surface area contributed by atoms with Gasteiger partial charge in [0.25, 0.3) is 0 Å². The summed E-state index contributed by atoms with van der Waals surface area (Å²) in [7, 11) is 1.82. The Morgan fingerprint density at radius 1 is 1.62 bits per heavy atom. The second-order valence-corrected chi connectivity index (χ2v) is 3.13. The Morgan fingerprint density at radius 3 is 3.08 bits per heavy atom. The molecule has 2 heterocycles. The molecule has 0 atom stereocenters. The molecular weight excluding hydrogens is 188 g/mol. The van der Waals surface area contributed by atoms with Gasteiger partial charge in [-0.3, -0.25) is 9.78 Å². The van der Waals surface area contributed by atoms with Crippen molar-refractivity contribution in [1.29, 1.82) is 0 Å². The lowest BCUT2D eigenvalue weighted by atomic mass is 10.2. The summed E-state index contributed by atoms with van der Waals surface area (Å²) in [4.78, 5) is 14.7. The quantitative estimate of drug-likeness (QED) is 0.652. The predicted molar refractivity (Wildman–Crippen MR) is 51.1 cm³/mol. The largest absolute Gasteiger partial charge is 0.334 e. The Bertz CT molecular complexity index is 476. The summed E-state index contributed by atoms with van der Waals surface area (Å²) in [5, 5.41) is 1.25. The number of fused-ring (bicyclic) bond motifs is 1. The van der Waals surface area contributed by atoms with Gasteiger partial charge in [-0.05, 0) is 6.07 Å².